The van der Waals surface area contributed by atoms with Crippen molar-refractivity contribution in [3.05, 3.63) is 46.2 Å². The Bertz CT molecular complexity index is 1200. The monoisotopic (exact) mass is 555 g/mol. The molecule has 5 rings (SSSR count). The van der Waals surface area contributed by atoms with Gasteiger partial charge < -0.3 is 15.1 Å². The molecule has 0 spiro atoms. The van der Waals surface area contributed by atoms with E-state index in [1.165, 1.54) is 30.4 Å². The number of thiazole rings is 1. The summed E-state index contributed by atoms with van der Waals surface area (Å²) in [6.07, 6.45) is 5.97. The Morgan fingerprint density at radius 2 is 1.85 bits per heavy atom. The summed E-state index contributed by atoms with van der Waals surface area (Å²) < 4.78 is 13.3. The highest BCUT2D eigenvalue weighted by molar-refractivity contribution is 7.17. The Morgan fingerprint density at radius 3 is 2.54 bits per heavy atom. The highest BCUT2D eigenvalue weighted by Gasteiger charge is 2.39. The molecule has 39 heavy (non-hydrogen) atoms. The number of anilines is 1. The van der Waals surface area contributed by atoms with Gasteiger partial charge in [0.25, 0.3) is 0 Å². The quantitative estimate of drug-likeness (QED) is 0.468. The number of carbonyl (C=O) groups is 3. The number of likely N-dealkylation sites (tertiary alicyclic amines) is 2. The van der Waals surface area contributed by atoms with Crippen molar-refractivity contribution in [2.75, 3.05) is 38.0 Å². The molecule has 2 aromatic rings. The summed E-state index contributed by atoms with van der Waals surface area (Å²) in [5.41, 5.74) is 1.77. The number of hydrogen-bond acceptors (Lipinski definition) is 6. The van der Waals surface area contributed by atoms with Crippen LogP contribution in [0.4, 0.5) is 14.3 Å². The molecule has 3 fully saturated rings. The molecular formula is C29H38FN5O3S. The summed E-state index contributed by atoms with van der Waals surface area (Å²) >= 11 is 1.18. The third-order valence-corrected chi connectivity index (χ3v) is 9.35. The van der Waals surface area contributed by atoms with Crippen LogP contribution in [-0.4, -0.2) is 71.3 Å². The van der Waals surface area contributed by atoms with Gasteiger partial charge in [0.05, 0.1) is 16.6 Å². The summed E-state index contributed by atoms with van der Waals surface area (Å²) in [4.78, 5) is 47.0. The van der Waals surface area contributed by atoms with Gasteiger partial charge in [0.2, 0.25) is 5.91 Å². The van der Waals surface area contributed by atoms with Crippen LogP contribution < -0.4 is 10.6 Å². The Balaban J connectivity index is 1.22. The van der Waals surface area contributed by atoms with Gasteiger partial charge in [-0.1, -0.05) is 23.5 Å². The first-order valence-electron chi connectivity index (χ1n) is 14.1. The SMILES string of the molecule is CC(=O)c1sc(NC(=O)N[C@H]2CN(C(=O)C3CC3)CC[C@H]2CN2CCCC(Cc3ccc(F)cc3)C2)nc1C. The van der Waals surface area contributed by atoms with Crippen LogP contribution in [-0.2, 0) is 11.2 Å². The fourth-order valence-corrected chi connectivity index (χ4v) is 6.88. The number of aryl methyl sites for hydroxylation is 1. The Hall–Kier alpha value is -2.85. The second-order valence-electron chi connectivity index (χ2n) is 11.4. The maximum atomic E-state index is 13.3. The zero-order chi connectivity index (χ0) is 27.5. The van der Waals surface area contributed by atoms with Crippen molar-refractivity contribution in [2.45, 2.75) is 58.4 Å². The lowest BCUT2D eigenvalue weighted by atomic mass is 9.87. The van der Waals surface area contributed by atoms with E-state index in [2.05, 4.69) is 20.5 Å². The number of hydrogen-bond donors (Lipinski definition) is 2. The zero-order valence-electron chi connectivity index (χ0n) is 22.7. The number of aromatic nitrogens is 1. The van der Waals surface area contributed by atoms with Gasteiger partial charge in [-0.2, -0.15) is 0 Å². The van der Waals surface area contributed by atoms with E-state index in [9.17, 15) is 18.8 Å². The van der Waals surface area contributed by atoms with E-state index >= 15 is 0 Å². The van der Waals surface area contributed by atoms with Crippen LogP contribution in [0.2, 0.25) is 0 Å². The highest BCUT2D eigenvalue weighted by atomic mass is 32.1. The molecule has 1 unspecified atom stereocenters. The topological polar surface area (TPSA) is 94.6 Å². The Labute approximate surface area is 233 Å². The number of nitrogens with zero attached hydrogens (tertiary/aromatic N) is 3. The van der Waals surface area contributed by atoms with Crippen molar-refractivity contribution < 1.29 is 18.8 Å². The fraction of sp³-hybridized carbons (Fsp3) is 0.586. The summed E-state index contributed by atoms with van der Waals surface area (Å²) in [5.74, 6) is 0.809. The van der Waals surface area contributed by atoms with Gasteiger partial charge in [-0.05, 0) is 81.5 Å². The van der Waals surface area contributed by atoms with E-state index in [1.54, 1.807) is 6.92 Å². The molecule has 2 saturated heterocycles. The third-order valence-electron chi connectivity index (χ3n) is 8.18. The lowest BCUT2D eigenvalue weighted by Crippen LogP contribution is -2.57. The summed E-state index contributed by atoms with van der Waals surface area (Å²) in [6.45, 7) is 7.34. The average molecular weight is 556 g/mol. The number of carbonyl (C=O) groups excluding carboxylic acids is 3. The zero-order valence-corrected chi connectivity index (χ0v) is 23.6. The maximum Gasteiger partial charge on any atom is 0.321 e. The van der Waals surface area contributed by atoms with E-state index in [4.69, 9.17) is 0 Å². The Kier molecular flexibility index (Phi) is 8.61. The molecule has 1 aliphatic carbocycles. The van der Waals surface area contributed by atoms with Crippen molar-refractivity contribution in [1.82, 2.24) is 20.1 Å². The number of amides is 3. The minimum atomic E-state index is -0.359. The number of benzene rings is 1. The van der Waals surface area contributed by atoms with E-state index in [-0.39, 0.29) is 41.4 Å². The van der Waals surface area contributed by atoms with Crippen LogP contribution in [0.25, 0.3) is 0 Å². The summed E-state index contributed by atoms with van der Waals surface area (Å²) in [5, 5.41) is 6.35. The molecule has 1 aromatic heterocycles. The minimum absolute atomic E-state index is 0.0701. The molecule has 8 nitrogen and oxygen atoms in total. The van der Waals surface area contributed by atoms with Gasteiger partial charge >= 0.3 is 6.03 Å². The van der Waals surface area contributed by atoms with Crippen molar-refractivity contribution in [3.63, 3.8) is 0 Å². The molecule has 3 heterocycles. The first-order valence-corrected chi connectivity index (χ1v) is 14.9. The molecular weight excluding hydrogens is 517 g/mol. The largest absolute Gasteiger partial charge is 0.340 e. The predicted octanol–water partition coefficient (Wildman–Crippen LogP) is 4.50. The molecule has 1 aromatic carbocycles. The predicted molar refractivity (Wildman–Crippen MR) is 149 cm³/mol. The van der Waals surface area contributed by atoms with Gasteiger partial charge in [-0.25, -0.2) is 14.2 Å². The number of ketones is 1. The molecule has 3 amide bonds. The van der Waals surface area contributed by atoms with Crippen LogP contribution >= 0.6 is 11.3 Å². The van der Waals surface area contributed by atoms with Gasteiger partial charge in [-0.15, -0.1) is 0 Å². The van der Waals surface area contributed by atoms with Gasteiger partial charge in [0.1, 0.15) is 5.82 Å². The molecule has 0 bridgehead atoms. The van der Waals surface area contributed by atoms with Crippen molar-refractivity contribution in [1.29, 1.82) is 0 Å². The van der Waals surface area contributed by atoms with Crippen LogP contribution in [0.1, 0.15) is 60.0 Å². The van der Waals surface area contributed by atoms with Crippen LogP contribution in [0.15, 0.2) is 24.3 Å². The van der Waals surface area contributed by atoms with Crippen LogP contribution in [0.3, 0.4) is 0 Å². The molecule has 2 aliphatic heterocycles. The van der Waals surface area contributed by atoms with E-state index < -0.39 is 0 Å². The van der Waals surface area contributed by atoms with E-state index in [0.29, 0.717) is 28.2 Å². The molecule has 210 valence electrons. The normalized spacial score (nSPS) is 23.9. The maximum absolute atomic E-state index is 13.3. The first-order chi connectivity index (χ1) is 18.7. The van der Waals surface area contributed by atoms with Gasteiger partial charge in [0.15, 0.2) is 10.9 Å². The van der Waals surface area contributed by atoms with Crippen LogP contribution in [0, 0.1) is 30.5 Å². The average Bonchev–Trinajstić information content (AvgIpc) is 3.68. The lowest BCUT2D eigenvalue weighted by Gasteiger charge is -2.42. The van der Waals surface area contributed by atoms with Crippen molar-refractivity contribution >= 4 is 34.2 Å². The number of halogens is 1. The molecule has 3 aliphatic rings. The second kappa shape index (κ2) is 12.1. The highest BCUT2D eigenvalue weighted by Crippen LogP contribution is 2.33. The molecule has 1 saturated carbocycles. The molecule has 3 atom stereocenters. The van der Waals surface area contributed by atoms with E-state index in [1.807, 2.05) is 17.0 Å². The minimum Gasteiger partial charge on any atom is -0.340 e. The lowest BCUT2D eigenvalue weighted by molar-refractivity contribution is -0.134. The third kappa shape index (κ3) is 7.22. The number of urea groups is 1. The first kappa shape index (κ1) is 27.7. The molecule has 10 heteroatoms. The van der Waals surface area contributed by atoms with Crippen molar-refractivity contribution in [3.8, 4) is 0 Å². The Morgan fingerprint density at radius 1 is 1.08 bits per heavy atom. The van der Waals surface area contributed by atoms with Crippen molar-refractivity contribution in [2.24, 2.45) is 17.8 Å². The number of Topliss-reactive ketones (excluding diaryl/α,β-unsaturated/α-hetero) is 1. The fourth-order valence-electron chi connectivity index (χ4n) is 6.02. The second-order valence-corrected chi connectivity index (χ2v) is 12.4. The molecule has 0 radical (unpaired) electrons. The van der Waals surface area contributed by atoms with Gasteiger partial charge in [-0.3, -0.25) is 14.9 Å². The number of nitrogens with one attached hydrogen (secondary N) is 2. The molecule has 2 N–H and O–H groups in total. The standard InChI is InChI=1S/C29H38FN5O3S/c1-18-26(19(2)36)39-29(31-18)33-28(38)32-25-17-35(27(37)22-7-8-22)13-11-23(25)16-34-12-3-4-21(15-34)14-20-5-9-24(30)10-6-20/h5-6,9-10,21-23,25H,3-4,7-8,11-17H2,1-2H3,(H2,31,32,33,38)/t21?,23-,25-/m0/s1. The van der Waals surface area contributed by atoms with E-state index in [0.717, 1.165) is 70.3 Å². The van der Waals surface area contributed by atoms with Gasteiger partial charge in [0, 0.05) is 39.0 Å². The number of rotatable bonds is 8. The smallest absolute Gasteiger partial charge is 0.321 e. The summed E-state index contributed by atoms with van der Waals surface area (Å²) in [7, 11) is 0. The van der Waals surface area contributed by atoms with Crippen LogP contribution in [0.5, 0.6) is 0 Å². The summed E-state index contributed by atoms with van der Waals surface area (Å²) in [6, 6.07) is 6.28. The number of piperidine rings is 2.